The van der Waals surface area contributed by atoms with E-state index >= 15 is 0 Å². The smallest absolute Gasteiger partial charge is 0.339 e. The molecular weight excluding hydrogens is 328 g/mol. The minimum absolute atomic E-state index is 0.194. The minimum Gasteiger partial charge on any atom is -0.444 e. The number of amides is 1. The van der Waals surface area contributed by atoms with Crippen LogP contribution in [0.2, 0.25) is 0 Å². The van der Waals surface area contributed by atoms with Crippen molar-refractivity contribution in [1.29, 1.82) is 5.26 Å². The first kappa shape index (κ1) is 17.7. The lowest BCUT2D eigenvalue weighted by molar-refractivity contribution is -0.142. The van der Waals surface area contributed by atoms with E-state index in [1.807, 2.05) is 24.3 Å². The predicted octanol–water partition coefficient (Wildman–Crippen LogP) is 3.47. The quantitative estimate of drug-likeness (QED) is 0.793. The van der Waals surface area contributed by atoms with Gasteiger partial charge in [-0.2, -0.15) is 5.26 Å². The second-order valence-corrected chi connectivity index (χ2v) is 6.27. The largest absolute Gasteiger partial charge is 0.444 e. The zero-order valence-electron chi connectivity index (χ0n) is 14.4. The summed E-state index contributed by atoms with van der Waals surface area (Å²) in [6.07, 6.45) is 2.06. The third-order valence-electron chi connectivity index (χ3n) is 4.45. The van der Waals surface area contributed by atoms with Gasteiger partial charge in [-0.1, -0.05) is 36.4 Å². The number of piperidine rings is 1. The molecule has 0 N–H and O–H groups in total. The van der Waals surface area contributed by atoms with Crippen LogP contribution in [0, 0.1) is 11.3 Å². The zero-order valence-corrected chi connectivity index (χ0v) is 14.4. The van der Waals surface area contributed by atoms with E-state index in [0.29, 0.717) is 24.2 Å². The number of rotatable bonds is 4. The Kier molecular flexibility index (Phi) is 5.65. The molecule has 26 heavy (non-hydrogen) atoms. The number of likely N-dealkylation sites (tertiary alicyclic amines) is 1. The van der Waals surface area contributed by atoms with Crippen molar-refractivity contribution in [3.63, 3.8) is 0 Å². The molecule has 0 radical (unpaired) electrons. The highest BCUT2D eigenvalue weighted by molar-refractivity contribution is 5.93. The Bertz CT molecular complexity index is 821. The molecule has 1 heterocycles. The van der Waals surface area contributed by atoms with Gasteiger partial charge in [0.25, 0.3) is 5.91 Å². The van der Waals surface area contributed by atoms with E-state index in [-0.39, 0.29) is 11.5 Å². The molecule has 1 aliphatic rings. The van der Waals surface area contributed by atoms with Gasteiger partial charge in [0.2, 0.25) is 6.10 Å². The monoisotopic (exact) mass is 348 g/mol. The maximum Gasteiger partial charge on any atom is 0.339 e. The van der Waals surface area contributed by atoms with Crippen molar-refractivity contribution in [2.75, 3.05) is 13.1 Å². The van der Waals surface area contributed by atoms with Crippen LogP contribution in [-0.2, 0) is 9.53 Å². The normalized spacial score (nSPS) is 15.0. The molecule has 0 unspecified atom stereocenters. The van der Waals surface area contributed by atoms with Crippen LogP contribution in [0.3, 0.4) is 0 Å². The fourth-order valence-corrected chi connectivity index (χ4v) is 3.06. The molecule has 0 spiro atoms. The van der Waals surface area contributed by atoms with E-state index in [0.717, 1.165) is 19.3 Å². The number of hydrogen-bond donors (Lipinski definition) is 0. The summed E-state index contributed by atoms with van der Waals surface area (Å²) in [5.41, 5.74) is 1.28. The van der Waals surface area contributed by atoms with Gasteiger partial charge in [-0.3, -0.25) is 4.79 Å². The van der Waals surface area contributed by atoms with Crippen molar-refractivity contribution in [3.8, 4) is 6.07 Å². The summed E-state index contributed by atoms with van der Waals surface area (Å²) in [5, 5.41) is 9.00. The van der Waals surface area contributed by atoms with Crippen molar-refractivity contribution in [2.45, 2.75) is 25.4 Å². The van der Waals surface area contributed by atoms with Crippen molar-refractivity contribution >= 4 is 11.9 Å². The van der Waals surface area contributed by atoms with Crippen LogP contribution in [0.25, 0.3) is 0 Å². The molecule has 2 aromatic carbocycles. The standard InChI is InChI=1S/C21H20N2O3/c22-15-16-8-7-11-18(14-16)21(25)26-19(17-9-3-1-4-10-17)20(24)23-12-5-2-6-13-23/h1,3-4,7-11,14,19H,2,5-6,12-13H2/t19-/m1/s1. The highest BCUT2D eigenvalue weighted by Gasteiger charge is 2.30. The molecule has 1 atom stereocenters. The van der Waals surface area contributed by atoms with Gasteiger partial charge < -0.3 is 9.64 Å². The molecule has 0 saturated carbocycles. The summed E-state index contributed by atoms with van der Waals surface area (Å²) >= 11 is 0. The highest BCUT2D eigenvalue weighted by atomic mass is 16.5. The Balaban J connectivity index is 1.84. The van der Waals surface area contributed by atoms with Gasteiger partial charge in [-0.05, 0) is 37.5 Å². The van der Waals surface area contributed by atoms with Gasteiger partial charge >= 0.3 is 5.97 Å². The first-order valence-electron chi connectivity index (χ1n) is 8.74. The average molecular weight is 348 g/mol. The number of nitrogens with zero attached hydrogens (tertiary/aromatic N) is 2. The van der Waals surface area contributed by atoms with Crippen molar-refractivity contribution < 1.29 is 14.3 Å². The molecule has 132 valence electrons. The first-order chi connectivity index (χ1) is 12.7. The summed E-state index contributed by atoms with van der Waals surface area (Å²) in [7, 11) is 0. The van der Waals surface area contributed by atoms with Gasteiger partial charge in [0.15, 0.2) is 0 Å². The Morgan fingerprint density at radius 1 is 1.00 bits per heavy atom. The molecule has 0 bridgehead atoms. The molecule has 3 rings (SSSR count). The second-order valence-electron chi connectivity index (χ2n) is 6.27. The molecular formula is C21H20N2O3. The molecule has 0 aliphatic carbocycles. The van der Waals surface area contributed by atoms with Crippen LogP contribution in [0.15, 0.2) is 54.6 Å². The average Bonchev–Trinajstić information content (AvgIpc) is 2.72. The molecule has 0 aromatic heterocycles. The number of carbonyl (C=O) groups excluding carboxylic acids is 2. The van der Waals surface area contributed by atoms with Gasteiger partial charge in [0.1, 0.15) is 0 Å². The number of hydrogen-bond acceptors (Lipinski definition) is 4. The summed E-state index contributed by atoms with van der Waals surface area (Å²) in [6.45, 7) is 1.37. The molecule has 2 aromatic rings. The summed E-state index contributed by atoms with van der Waals surface area (Å²) in [6, 6.07) is 17.3. The third kappa shape index (κ3) is 4.09. The number of benzene rings is 2. The number of nitriles is 1. The van der Waals surface area contributed by atoms with Gasteiger partial charge in [-0.25, -0.2) is 4.79 Å². The van der Waals surface area contributed by atoms with Gasteiger partial charge in [-0.15, -0.1) is 0 Å². The van der Waals surface area contributed by atoms with Crippen LogP contribution in [0.5, 0.6) is 0 Å². The Morgan fingerprint density at radius 2 is 1.73 bits per heavy atom. The summed E-state index contributed by atoms with van der Waals surface area (Å²) in [4.78, 5) is 27.3. The van der Waals surface area contributed by atoms with Crippen LogP contribution in [-0.4, -0.2) is 29.9 Å². The lowest BCUT2D eigenvalue weighted by atomic mass is 10.1. The summed E-state index contributed by atoms with van der Waals surface area (Å²) < 4.78 is 5.60. The topological polar surface area (TPSA) is 70.4 Å². The number of carbonyl (C=O) groups is 2. The van der Waals surface area contributed by atoms with Gasteiger partial charge in [0.05, 0.1) is 17.2 Å². The number of esters is 1. The Morgan fingerprint density at radius 3 is 2.42 bits per heavy atom. The fourth-order valence-electron chi connectivity index (χ4n) is 3.06. The maximum absolute atomic E-state index is 13.0. The second kappa shape index (κ2) is 8.30. The van der Waals surface area contributed by atoms with Crippen molar-refractivity contribution in [3.05, 3.63) is 71.3 Å². The van der Waals surface area contributed by atoms with Gasteiger partial charge in [0, 0.05) is 18.7 Å². The third-order valence-corrected chi connectivity index (χ3v) is 4.45. The van der Waals surface area contributed by atoms with E-state index in [1.54, 1.807) is 35.2 Å². The van der Waals surface area contributed by atoms with E-state index in [9.17, 15) is 9.59 Å². The van der Waals surface area contributed by atoms with Crippen LogP contribution in [0.4, 0.5) is 0 Å². The number of ether oxygens (including phenoxy) is 1. The van der Waals surface area contributed by atoms with E-state index in [2.05, 4.69) is 0 Å². The highest BCUT2D eigenvalue weighted by Crippen LogP contribution is 2.24. The van der Waals surface area contributed by atoms with Crippen LogP contribution < -0.4 is 0 Å². The minimum atomic E-state index is -0.979. The van der Waals surface area contributed by atoms with Crippen molar-refractivity contribution in [1.82, 2.24) is 4.90 Å². The predicted molar refractivity (Wildman–Crippen MR) is 96.2 cm³/mol. The van der Waals surface area contributed by atoms with Crippen LogP contribution in [0.1, 0.15) is 46.9 Å². The molecule has 1 aliphatic heterocycles. The zero-order chi connectivity index (χ0) is 18.4. The van der Waals surface area contributed by atoms with E-state index in [1.165, 1.54) is 6.07 Å². The maximum atomic E-state index is 13.0. The first-order valence-corrected chi connectivity index (χ1v) is 8.74. The molecule has 5 heteroatoms. The van der Waals surface area contributed by atoms with Crippen LogP contribution >= 0.6 is 0 Å². The molecule has 1 fully saturated rings. The Labute approximate surface area is 152 Å². The summed E-state index contributed by atoms with van der Waals surface area (Å²) in [5.74, 6) is -0.804. The molecule has 5 nitrogen and oxygen atoms in total. The molecule has 1 saturated heterocycles. The van der Waals surface area contributed by atoms with E-state index in [4.69, 9.17) is 10.00 Å². The fraction of sp³-hybridized carbons (Fsp3) is 0.286. The van der Waals surface area contributed by atoms with Crippen molar-refractivity contribution in [2.24, 2.45) is 0 Å². The molecule has 1 amide bonds. The Hall–Kier alpha value is -3.13. The lowest BCUT2D eigenvalue weighted by Gasteiger charge is -2.30. The lowest BCUT2D eigenvalue weighted by Crippen LogP contribution is -2.40. The SMILES string of the molecule is N#Cc1cccc(C(=O)O[C@@H](C(=O)N2CCCCC2)c2ccccc2)c1. The van der Waals surface area contributed by atoms with E-state index < -0.39 is 12.1 Å².